The van der Waals surface area contributed by atoms with Crippen molar-refractivity contribution in [3.05, 3.63) is 62.7 Å². The van der Waals surface area contributed by atoms with Gasteiger partial charge in [0.1, 0.15) is 0 Å². The van der Waals surface area contributed by atoms with Crippen molar-refractivity contribution in [3.8, 4) is 0 Å². The van der Waals surface area contributed by atoms with E-state index in [4.69, 9.17) is 23.8 Å². The average molecular weight is 390 g/mol. The Morgan fingerprint density at radius 2 is 1.88 bits per heavy atom. The number of hydrogen-bond donors (Lipinski definition) is 2. The molecule has 0 amide bonds. The van der Waals surface area contributed by atoms with Gasteiger partial charge >= 0.3 is 6.18 Å². The number of nitro benzene ring substituents is 1. The van der Waals surface area contributed by atoms with Gasteiger partial charge in [0.15, 0.2) is 5.11 Å². The summed E-state index contributed by atoms with van der Waals surface area (Å²) in [5, 5.41) is 16.2. The highest BCUT2D eigenvalue weighted by atomic mass is 35.5. The first kappa shape index (κ1) is 18.9. The zero-order valence-electron chi connectivity index (χ0n) is 12.6. The van der Waals surface area contributed by atoms with Gasteiger partial charge in [0.25, 0.3) is 5.69 Å². The third-order valence-electron chi connectivity index (χ3n) is 3.20. The molecule has 0 spiro atoms. The van der Waals surface area contributed by atoms with E-state index in [9.17, 15) is 23.3 Å². The number of nitrogens with zero attached hydrogens (tertiary/aromatic N) is 1. The Kier molecular flexibility index (Phi) is 5.48. The molecule has 0 radical (unpaired) electrons. The Hall–Kier alpha value is -2.39. The molecule has 132 valence electrons. The third-order valence-corrected chi connectivity index (χ3v) is 3.81. The number of rotatable bonds is 3. The van der Waals surface area contributed by atoms with Crippen molar-refractivity contribution in [1.82, 2.24) is 0 Å². The van der Waals surface area contributed by atoms with Crippen LogP contribution in [-0.4, -0.2) is 10.0 Å². The highest BCUT2D eigenvalue weighted by molar-refractivity contribution is 7.80. The standard InChI is InChI=1S/C15H11ClF3N3O2S/c1-8-2-3-9(6-12(8)16)20-14(25)21-13-5-4-10(22(23)24)7-11(13)15(17,18)19/h2-7H,1H3,(H2,20,21,25). The Bertz CT molecular complexity index is 843. The predicted molar refractivity (Wildman–Crippen MR) is 94.1 cm³/mol. The van der Waals surface area contributed by atoms with Gasteiger partial charge in [-0.3, -0.25) is 10.1 Å². The molecule has 2 aromatic carbocycles. The number of non-ortho nitro benzene ring substituents is 1. The molecule has 25 heavy (non-hydrogen) atoms. The third kappa shape index (κ3) is 4.80. The lowest BCUT2D eigenvalue weighted by molar-refractivity contribution is -0.385. The molecule has 0 unspecified atom stereocenters. The quantitative estimate of drug-likeness (QED) is 0.419. The van der Waals surface area contributed by atoms with Crippen LogP contribution in [0.1, 0.15) is 11.1 Å². The number of alkyl halides is 3. The lowest BCUT2D eigenvalue weighted by Crippen LogP contribution is -2.21. The number of benzene rings is 2. The van der Waals surface area contributed by atoms with Crippen molar-refractivity contribution in [2.75, 3.05) is 10.6 Å². The van der Waals surface area contributed by atoms with E-state index in [1.807, 2.05) is 0 Å². The summed E-state index contributed by atoms with van der Waals surface area (Å²) < 4.78 is 39.4. The van der Waals surface area contributed by atoms with E-state index in [0.717, 1.165) is 17.7 Å². The summed E-state index contributed by atoms with van der Waals surface area (Å²) in [6, 6.07) is 7.33. The van der Waals surface area contributed by atoms with Gasteiger partial charge in [0.2, 0.25) is 0 Å². The molecule has 0 aliphatic rings. The van der Waals surface area contributed by atoms with Crippen LogP contribution in [0.4, 0.5) is 30.2 Å². The van der Waals surface area contributed by atoms with Gasteiger partial charge in [0.05, 0.1) is 16.2 Å². The molecule has 0 aliphatic carbocycles. The number of nitro groups is 1. The number of aryl methyl sites for hydroxylation is 1. The summed E-state index contributed by atoms with van der Waals surface area (Å²) in [5.74, 6) is 0. The average Bonchev–Trinajstić information content (AvgIpc) is 2.50. The molecule has 0 aliphatic heterocycles. The van der Waals surface area contributed by atoms with E-state index >= 15 is 0 Å². The maximum absolute atomic E-state index is 13.1. The highest BCUT2D eigenvalue weighted by Gasteiger charge is 2.35. The minimum Gasteiger partial charge on any atom is -0.332 e. The van der Waals surface area contributed by atoms with Gasteiger partial charge in [-0.2, -0.15) is 13.2 Å². The molecule has 0 saturated carbocycles. The zero-order valence-corrected chi connectivity index (χ0v) is 14.2. The molecule has 0 atom stereocenters. The van der Waals surface area contributed by atoms with E-state index in [2.05, 4.69) is 10.6 Å². The van der Waals surface area contributed by atoms with E-state index in [1.165, 1.54) is 0 Å². The van der Waals surface area contributed by atoms with Crippen LogP contribution >= 0.6 is 23.8 Å². The first-order valence-electron chi connectivity index (χ1n) is 6.77. The van der Waals surface area contributed by atoms with Gasteiger partial charge in [0, 0.05) is 22.8 Å². The van der Waals surface area contributed by atoms with Crippen molar-refractivity contribution in [1.29, 1.82) is 0 Å². The molecule has 5 nitrogen and oxygen atoms in total. The van der Waals surface area contributed by atoms with E-state index in [-0.39, 0.29) is 5.11 Å². The van der Waals surface area contributed by atoms with Gasteiger partial charge < -0.3 is 10.6 Å². The van der Waals surface area contributed by atoms with Crippen molar-refractivity contribution in [3.63, 3.8) is 0 Å². The molecule has 0 heterocycles. The van der Waals surface area contributed by atoms with Gasteiger partial charge in [-0.25, -0.2) is 0 Å². The van der Waals surface area contributed by atoms with Crippen LogP contribution in [0.3, 0.4) is 0 Å². The Morgan fingerprint density at radius 3 is 2.44 bits per heavy atom. The van der Waals surface area contributed by atoms with Crippen LogP contribution in [-0.2, 0) is 6.18 Å². The highest BCUT2D eigenvalue weighted by Crippen LogP contribution is 2.37. The minimum absolute atomic E-state index is 0.112. The van der Waals surface area contributed by atoms with Crippen molar-refractivity contribution in [2.45, 2.75) is 13.1 Å². The molecular formula is C15H11ClF3N3O2S. The van der Waals surface area contributed by atoms with E-state index < -0.39 is 28.0 Å². The molecule has 0 bridgehead atoms. The molecular weight excluding hydrogens is 379 g/mol. The lowest BCUT2D eigenvalue weighted by atomic mass is 10.1. The Balaban J connectivity index is 2.25. The number of hydrogen-bond acceptors (Lipinski definition) is 3. The Morgan fingerprint density at radius 1 is 1.20 bits per heavy atom. The molecule has 10 heteroatoms. The monoisotopic (exact) mass is 389 g/mol. The first-order valence-corrected chi connectivity index (χ1v) is 7.56. The molecule has 0 saturated heterocycles. The molecule has 2 aromatic rings. The van der Waals surface area contributed by atoms with Gasteiger partial charge in [-0.1, -0.05) is 17.7 Å². The van der Waals surface area contributed by atoms with E-state index in [0.29, 0.717) is 16.8 Å². The topological polar surface area (TPSA) is 67.2 Å². The summed E-state index contributed by atoms with van der Waals surface area (Å²) in [6.45, 7) is 1.80. The maximum atomic E-state index is 13.1. The summed E-state index contributed by atoms with van der Waals surface area (Å²) in [4.78, 5) is 9.78. The number of nitrogens with one attached hydrogen (secondary N) is 2. The van der Waals surface area contributed by atoms with Crippen molar-refractivity contribution >= 4 is 46.0 Å². The fourth-order valence-corrected chi connectivity index (χ4v) is 2.35. The largest absolute Gasteiger partial charge is 0.418 e. The van der Waals surface area contributed by atoms with Gasteiger partial charge in [-0.05, 0) is 42.9 Å². The fourth-order valence-electron chi connectivity index (χ4n) is 1.94. The summed E-state index contributed by atoms with van der Waals surface area (Å²) in [5.41, 5.74) is -0.923. The number of halogens is 4. The SMILES string of the molecule is Cc1ccc(NC(=S)Nc2ccc([N+](=O)[O-])cc2C(F)(F)F)cc1Cl. The molecule has 2 N–H and O–H groups in total. The van der Waals surface area contributed by atoms with Crippen LogP contribution in [0.2, 0.25) is 5.02 Å². The van der Waals surface area contributed by atoms with Crippen LogP contribution in [0, 0.1) is 17.0 Å². The van der Waals surface area contributed by atoms with E-state index in [1.54, 1.807) is 25.1 Å². The zero-order chi connectivity index (χ0) is 18.8. The Labute approximate surface area is 150 Å². The molecule has 0 aromatic heterocycles. The number of thiocarbonyl (C=S) groups is 1. The maximum Gasteiger partial charge on any atom is 0.418 e. The van der Waals surface area contributed by atoms with Crippen LogP contribution in [0.15, 0.2) is 36.4 Å². The van der Waals surface area contributed by atoms with Crippen molar-refractivity contribution in [2.24, 2.45) is 0 Å². The van der Waals surface area contributed by atoms with Gasteiger partial charge in [-0.15, -0.1) is 0 Å². The van der Waals surface area contributed by atoms with Crippen LogP contribution in [0.5, 0.6) is 0 Å². The fraction of sp³-hybridized carbons (Fsp3) is 0.133. The summed E-state index contributed by atoms with van der Waals surface area (Å²) >= 11 is 11.0. The second kappa shape index (κ2) is 7.24. The number of anilines is 2. The van der Waals surface area contributed by atoms with Crippen molar-refractivity contribution < 1.29 is 18.1 Å². The molecule has 0 fully saturated rings. The van der Waals surface area contributed by atoms with Crippen LogP contribution < -0.4 is 10.6 Å². The second-order valence-electron chi connectivity index (χ2n) is 5.03. The summed E-state index contributed by atoms with van der Waals surface area (Å²) in [7, 11) is 0. The predicted octanol–water partition coefficient (Wildman–Crippen LogP) is 5.38. The summed E-state index contributed by atoms with van der Waals surface area (Å²) in [6.07, 6.45) is -4.78. The van der Waals surface area contributed by atoms with Crippen LogP contribution in [0.25, 0.3) is 0 Å². The normalized spacial score (nSPS) is 11.1. The second-order valence-corrected chi connectivity index (χ2v) is 5.84. The molecule has 2 rings (SSSR count). The lowest BCUT2D eigenvalue weighted by Gasteiger charge is -2.16. The smallest absolute Gasteiger partial charge is 0.332 e. The first-order chi connectivity index (χ1) is 11.6. The minimum atomic E-state index is -4.78.